The van der Waals surface area contributed by atoms with Gasteiger partial charge in [0.1, 0.15) is 0 Å². The molecular weight excluding hydrogens is 350 g/mol. The molecular formula is C12H13Br2NO2. The lowest BCUT2D eigenvalue weighted by Crippen LogP contribution is -2.15. The molecule has 17 heavy (non-hydrogen) atoms. The molecule has 3 nitrogen and oxygen atoms in total. The number of allylic oxidation sites excluding steroid dienone is 1. The Labute approximate surface area is 118 Å². The van der Waals surface area contributed by atoms with Crippen molar-refractivity contribution in [3.8, 4) is 0 Å². The first-order valence-electron chi connectivity index (χ1n) is 5.09. The number of aromatic nitrogens is 1. The molecule has 0 aromatic carbocycles. The van der Waals surface area contributed by atoms with Gasteiger partial charge in [-0.05, 0) is 50.3 Å². The van der Waals surface area contributed by atoms with Crippen molar-refractivity contribution in [2.24, 2.45) is 0 Å². The van der Waals surface area contributed by atoms with E-state index in [1.54, 1.807) is 18.5 Å². The highest BCUT2D eigenvalue weighted by Gasteiger charge is 2.25. The topological polar surface area (TPSA) is 39.2 Å². The van der Waals surface area contributed by atoms with Crippen molar-refractivity contribution < 1.29 is 9.53 Å². The monoisotopic (exact) mass is 361 g/mol. The lowest BCUT2D eigenvalue weighted by molar-refractivity contribution is -0.142. The molecule has 0 amide bonds. The molecule has 0 radical (unpaired) electrons. The van der Waals surface area contributed by atoms with E-state index in [4.69, 9.17) is 4.74 Å². The Morgan fingerprint density at radius 3 is 2.59 bits per heavy atom. The van der Waals surface area contributed by atoms with Crippen LogP contribution in [0.4, 0.5) is 0 Å². The number of nitrogens with zero attached hydrogens (tertiary/aromatic N) is 1. The third-order valence-electron chi connectivity index (χ3n) is 2.38. The number of ether oxygens (including phenoxy) is 1. The standard InChI is InChI=1S/C12H13Br2NO2/c1-3-4-5-8(12(16)17-2)11-9(13)6-15-7-10(11)14/h3,6-8H,1,4-5H2,2H3. The van der Waals surface area contributed by atoms with E-state index in [2.05, 4.69) is 43.4 Å². The molecule has 0 aliphatic heterocycles. The molecule has 1 rings (SSSR count). The maximum atomic E-state index is 11.8. The number of hydrogen-bond acceptors (Lipinski definition) is 3. The molecule has 1 aromatic heterocycles. The van der Waals surface area contributed by atoms with Crippen LogP contribution >= 0.6 is 31.9 Å². The summed E-state index contributed by atoms with van der Waals surface area (Å²) in [5.74, 6) is -0.566. The van der Waals surface area contributed by atoms with Gasteiger partial charge in [-0.25, -0.2) is 0 Å². The predicted molar refractivity (Wildman–Crippen MR) is 73.8 cm³/mol. The van der Waals surface area contributed by atoms with Crippen molar-refractivity contribution in [1.29, 1.82) is 0 Å². The Hall–Kier alpha value is -0.680. The van der Waals surface area contributed by atoms with Gasteiger partial charge in [0.15, 0.2) is 0 Å². The van der Waals surface area contributed by atoms with Gasteiger partial charge in [-0.2, -0.15) is 0 Å². The van der Waals surface area contributed by atoms with Gasteiger partial charge in [0.05, 0.1) is 13.0 Å². The zero-order valence-electron chi connectivity index (χ0n) is 9.45. The van der Waals surface area contributed by atoms with Gasteiger partial charge in [-0.3, -0.25) is 9.78 Å². The fraction of sp³-hybridized carbons (Fsp3) is 0.333. The Morgan fingerprint density at radius 1 is 1.53 bits per heavy atom. The summed E-state index contributed by atoms with van der Waals surface area (Å²) < 4.78 is 6.43. The van der Waals surface area contributed by atoms with E-state index >= 15 is 0 Å². The molecule has 1 aromatic rings. The minimum absolute atomic E-state index is 0.251. The summed E-state index contributed by atoms with van der Waals surface area (Å²) in [7, 11) is 1.40. The molecule has 0 saturated carbocycles. The van der Waals surface area contributed by atoms with Gasteiger partial charge in [-0.15, -0.1) is 6.58 Å². The zero-order chi connectivity index (χ0) is 12.8. The summed E-state index contributed by atoms with van der Waals surface area (Å²) in [5.41, 5.74) is 0.869. The second-order valence-electron chi connectivity index (χ2n) is 3.46. The van der Waals surface area contributed by atoms with Crippen LogP contribution in [0.5, 0.6) is 0 Å². The number of pyridine rings is 1. The van der Waals surface area contributed by atoms with Crippen LogP contribution in [0.2, 0.25) is 0 Å². The molecule has 92 valence electrons. The van der Waals surface area contributed by atoms with Crippen LogP contribution in [-0.2, 0) is 9.53 Å². The summed E-state index contributed by atoms with van der Waals surface area (Å²) >= 11 is 6.82. The fourth-order valence-electron chi connectivity index (χ4n) is 1.56. The fourth-order valence-corrected chi connectivity index (χ4v) is 3.04. The van der Waals surface area contributed by atoms with Crippen molar-refractivity contribution in [2.75, 3.05) is 7.11 Å². The van der Waals surface area contributed by atoms with Gasteiger partial charge in [0.2, 0.25) is 0 Å². The number of hydrogen-bond donors (Lipinski definition) is 0. The van der Waals surface area contributed by atoms with Crippen molar-refractivity contribution in [3.63, 3.8) is 0 Å². The molecule has 0 spiro atoms. The number of rotatable bonds is 5. The molecule has 1 unspecified atom stereocenters. The predicted octanol–water partition coefficient (Wildman–Crippen LogP) is 3.83. The first kappa shape index (κ1) is 14.4. The second-order valence-corrected chi connectivity index (χ2v) is 5.17. The molecule has 5 heteroatoms. The van der Waals surface area contributed by atoms with Gasteiger partial charge in [-0.1, -0.05) is 6.08 Å². The van der Waals surface area contributed by atoms with Crippen LogP contribution in [0.15, 0.2) is 34.0 Å². The van der Waals surface area contributed by atoms with Crippen LogP contribution in [0.1, 0.15) is 24.3 Å². The van der Waals surface area contributed by atoms with E-state index in [1.165, 1.54) is 7.11 Å². The molecule has 0 N–H and O–H groups in total. The first-order valence-corrected chi connectivity index (χ1v) is 6.68. The van der Waals surface area contributed by atoms with E-state index < -0.39 is 0 Å². The molecule has 0 aliphatic carbocycles. The van der Waals surface area contributed by atoms with Crippen LogP contribution in [0, 0.1) is 0 Å². The van der Waals surface area contributed by atoms with E-state index in [0.717, 1.165) is 20.9 Å². The van der Waals surface area contributed by atoms with E-state index in [1.807, 2.05) is 0 Å². The highest BCUT2D eigenvalue weighted by molar-refractivity contribution is 9.11. The van der Waals surface area contributed by atoms with Crippen LogP contribution in [-0.4, -0.2) is 18.1 Å². The van der Waals surface area contributed by atoms with Crippen LogP contribution in [0.25, 0.3) is 0 Å². The summed E-state index contributed by atoms with van der Waals surface area (Å²) in [5, 5.41) is 0. The zero-order valence-corrected chi connectivity index (χ0v) is 12.6. The third-order valence-corrected chi connectivity index (χ3v) is 3.65. The molecule has 0 saturated heterocycles. The number of carbonyl (C=O) groups is 1. The summed E-state index contributed by atoms with van der Waals surface area (Å²) in [6, 6.07) is 0. The van der Waals surface area contributed by atoms with Crippen LogP contribution in [0.3, 0.4) is 0 Å². The largest absolute Gasteiger partial charge is 0.469 e. The van der Waals surface area contributed by atoms with Gasteiger partial charge >= 0.3 is 5.97 Å². The Kier molecular flexibility index (Phi) is 5.85. The summed E-state index contributed by atoms with van der Waals surface area (Å²) in [4.78, 5) is 15.8. The number of methoxy groups -OCH3 is 1. The molecule has 1 heterocycles. The van der Waals surface area contributed by atoms with Gasteiger partial charge in [0.25, 0.3) is 0 Å². The third kappa shape index (κ3) is 3.64. The average Bonchev–Trinajstić information content (AvgIpc) is 2.32. The van der Waals surface area contributed by atoms with E-state index in [0.29, 0.717) is 6.42 Å². The molecule has 0 bridgehead atoms. The SMILES string of the molecule is C=CCCC(C(=O)OC)c1c(Br)cncc1Br. The van der Waals surface area contributed by atoms with Crippen molar-refractivity contribution in [3.05, 3.63) is 39.6 Å². The lowest BCUT2D eigenvalue weighted by Gasteiger charge is -2.17. The second kappa shape index (κ2) is 6.91. The number of carbonyl (C=O) groups excluding carboxylic acids is 1. The lowest BCUT2D eigenvalue weighted by atomic mass is 9.95. The van der Waals surface area contributed by atoms with Crippen molar-refractivity contribution in [1.82, 2.24) is 4.98 Å². The Balaban J connectivity index is 3.11. The maximum absolute atomic E-state index is 11.8. The molecule has 1 atom stereocenters. The highest BCUT2D eigenvalue weighted by atomic mass is 79.9. The minimum Gasteiger partial charge on any atom is -0.469 e. The summed E-state index contributed by atoms with van der Waals surface area (Å²) in [6.07, 6.45) is 6.55. The first-order chi connectivity index (χ1) is 8.11. The average molecular weight is 363 g/mol. The minimum atomic E-state index is -0.315. The van der Waals surface area contributed by atoms with E-state index in [-0.39, 0.29) is 11.9 Å². The van der Waals surface area contributed by atoms with Crippen molar-refractivity contribution in [2.45, 2.75) is 18.8 Å². The van der Waals surface area contributed by atoms with Gasteiger partial charge < -0.3 is 4.74 Å². The Morgan fingerprint density at radius 2 is 2.12 bits per heavy atom. The number of halogens is 2. The quantitative estimate of drug-likeness (QED) is 0.590. The highest BCUT2D eigenvalue weighted by Crippen LogP contribution is 2.34. The van der Waals surface area contributed by atoms with Crippen LogP contribution < -0.4 is 0 Å². The smallest absolute Gasteiger partial charge is 0.313 e. The Bertz CT molecular complexity index is 401. The van der Waals surface area contributed by atoms with E-state index in [9.17, 15) is 4.79 Å². The normalized spacial score (nSPS) is 11.9. The summed E-state index contributed by atoms with van der Waals surface area (Å²) in [6.45, 7) is 3.67. The molecule has 0 aliphatic rings. The van der Waals surface area contributed by atoms with Crippen molar-refractivity contribution >= 4 is 37.8 Å². The number of esters is 1. The maximum Gasteiger partial charge on any atom is 0.313 e. The molecule has 0 fully saturated rings. The van der Waals surface area contributed by atoms with Gasteiger partial charge in [0, 0.05) is 21.3 Å².